The summed E-state index contributed by atoms with van der Waals surface area (Å²) in [4.78, 5) is 0.204. The second-order valence-electron chi connectivity index (χ2n) is 6.30. The Labute approximate surface area is 126 Å². The molecule has 0 spiro atoms. The van der Waals surface area contributed by atoms with Crippen LogP contribution in [0, 0.1) is 5.92 Å². The van der Waals surface area contributed by atoms with Gasteiger partial charge in [-0.25, -0.2) is 8.42 Å². The fourth-order valence-electron chi connectivity index (χ4n) is 2.99. The highest BCUT2D eigenvalue weighted by Crippen LogP contribution is 2.33. The number of nitrogens with one attached hydrogen (secondary N) is 1. The molecule has 0 amide bonds. The number of aliphatic hydroxyl groups is 1. The van der Waals surface area contributed by atoms with Crippen molar-refractivity contribution in [1.82, 2.24) is 0 Å². The molecule has 2 unspecified atom stereocenters. The van der Waals surface area contributed by atoms with Gasteiger partial charge in [0.15, 0.2) is 9.84 Å². The molecule has 4 N–H and O–H groups in total. The SMILES string of the molecule is CC1CCCC(O)(CNc2ccc(S(C)(=O)=O)cc2N)C1. The average Bonchev–Trinajstić information content (AvgIpc) is 2.36. The molecule has 1 aromatic rings. The zero-order valence-electron chi connectivity index (χ0n) is 12.6. The summed E-state index contributed by atoms with van der Waals surface area (Å²) >= 11 is 0. The average molecular weight is 312 g/mol. The van der Waals surface area contributed by atoms with Crippen LogP contribution in [0.2, 0.25) is 0 Å². The van der Waals surface area contributed by atoms with Crippen molar-refractivity contribution in [1.29, 1.82) is 0 Å². The van der Waals surface area contributed by atoms with E-state index in [-0.39, 0.29) is 4.90 Å². The van der Waals surface area contributed by atoms with Crippen molar-refractivity contribution >= 4 is 21.2 Å². The molecule has 0 bridgehead atoms. The maximum atomic E-state index is 11.5. The van der Waals surface area contributed by atoms with E-state index in [0.717, 1.165) is 31.9 Å². The van der Waals surface area contributed by atoms with E-state index in [1.165, 1.54) is 12.1 Å². The minimum Gasteiger partial charge on any atom is -0.397 e. The van der Waals surface area contributed by atoms with Crippen LogP contribution in [0.4, 0.5) is 11.4 Å². The molecular weight excluding hydrogens is 288 g/mol. The minimum absolute atomic E-state index is 0.204. The Balaban J connectivity index is 2.07. The number of nitrogen functional groups attached to an aromatic ring is 1. The molecular formula is C15H24N2O3S. The predicted octanol–water partition coefficient (Wildman–Crippen LogP) is 2.03. The van der Waals surface area contributed by atoms with Crippen LogP contribution in [0.1, 0.15) is 32.6 Å². The highest BCUT2D eigenvalue weighted by atomic mass is 32.2. The molecule has 5 nitrogen and oxygen atoms in total. The molecule has 21 heavy (non-hydrogen) atoms. The minimum atomic E-state index is -3.25. The molecule has 0 heterocycles. The number of rotatable bonds is 4. The fraction of sp³-hybridized carbons (Fsp3) is 0.600. The molecule has 1 aliphatic rings. The van der Waals surface area contributed by atoms with Gasteiger partial charge in [-0.2, -0.15) is 0 Å². The highest BCUT2D eigenvalue weighted by Gasteiger charge is 2.32. The van der Waals surface area contributed by atoms with Crippen molar-refractivity contribution in [3.63, 3.8) is 0 Å². The van der Waals surface area contributed by atoms with Gasteiger partial charge in [-0.05, 0) is 37.0 Å². The van der Waals surface area contributed by atoms with E-state index < -0.39 is 15.4 Å². The molecule has 2 atom stereocenters. The molecule has 0 aliphatic heterocycles. The maximum absolute atomic E-state index is 11.5. The monoisotopic (exact) mass is 312 g/mol. The van der Waals surface area contributed by atoms with Gasteiger partial charge in [0.25, 0.3) is 0 Å². The van der Waals surface area contributed by atoms with Crippen LogP contribution in [0.15, 0.2) is 23.1 Å². The first kappa shape index (κ1) is 16.1. The largest absolute Gasteiger partial charge is 0.397 e. The van der Waals surface area contributed by atoms with Gasteiger partial charge in [0.2, 0.25) is 0 Å². The van der Waals surface area contributed by atoms with Crippen molar-refractivity contribution in [3.05, 3.63) is 18.2 Å². The Bertz CT molecular complexity index is 615. The second kappa shape index (κ2) is 5.85. The van der Waals surface area contributed by atoms with Gasteiger partial charge in [0, 0.05) is 12.8 Å². The van der Waals surface area contributed by atoms with Crippen LogP contribution >= 0.6 is 0 Å². The van der Waals surface area contributed by atoms with Crippen LogP contribution in [-0.4, -0.2) is 31.9 Å². The van der Waals surface area contributed by atoms with E-state index in [1.807, 2.05) is 0 Å². The number of hydrogen-bond acceptors (Lipinski definition) is 5. The van der Waals surface area contributed by atoms with E-state index in [0.29, 0.717) is 23.8 Å². The second-order valence-corrected chi connectivity index (χ2v) is 8.32. The van der Waals surface area contributed by atoms with E-state index in [9.17, 15) is 13.5 Å². The van der Waals surface area contributed by atoms with Crippen molar-refractivity contribution in [2.45, 2.75) is 43.1 Å². The van der Waals surface area contributed by atoms with E-state index in [2.05, 4.69) is 12.2 Å². The summed E-state index contributed by atoms with van der Waals surface area (Å²) in [7, 11) is -3.25. The molecule has 0 saturated heterocycles. The normalized spacial score (nSPS) is 26.5. The van der Waals surface area contributed by atoms with Crippen molar-refractivity contribution < 1.29 is 13.5 Å². The molecule has 1 aromatic carbocycles. The zero-order valence-corrected chi connectivity index (χ0v) is 13.4. The summed E-state index contributed by atoms with van der Waals surface area (Å²) in [5.41, 5.74) is 6.23. The lowest BCUT2D eigenvalue weighted by atomic mass is 9.79. The Morgan fingerprint density at radius 1 is 1.48 bits per heavy atom. The smallest absolute Gasteiger partial charge is 0.175 e. The summed E-state index contributed by atoms with van der Waals surface area (Å²) in [5.74, 6) is 0.524. The molecule has 0 aromatic heterocycles. The fourth-order valence-corrected chi connectivity index (χ4v) is 3.64. The molecule has 6 heteroatoms. The third kappa shape index (κ3) is 4.11. The number of sulfone groups is 1. The Morgan fingerprint density at radius 2 is 2.19 bits per heavy atom. The summed E-state index contributed by atoms with van der Waals surface area (Å²) in [5, 5.41) is 13.7. The first-order valence-corrected chi connectivity index (χ1v) is 9.15. The summed E-state index contributed by atoms with van der Waals surface area (Å²) in [6.45, 7) is 2.58. The van der Waals surface area contributed by atoms with Gasteiger partial charge in [0.1, 0.15) is 0 Å². The van der Waals surface area contributed by atoms with Crippen molar-refractivity contribution in [3.8, 4) is 0 Å². The summed E-state index contributed by atoms with van der Waals surface area (Å²) in [6, 6.07) is 4.63. The number of hydrogen-bond donors (Lipinski definition) is 3. The molecule has 1 saturated carbocycles. The van der Waals surface area contributed by atoms with Crippen molar-refractivity contribution in [2.75, 3.05) is 23.9 Å². The third-order valence-electron chi connectivity index (χ3n) is 4.13. The first-order valence-electron chi connectivity index (χ1n) is 7.25. The van der Waals surface area contributed by atoms with Crippen LogP contribution < -0.4 is 11.1 Å². The summed E-state index contributed by atoms with van der Waals surface area (Å²) in [6.07, 6.45) is 4.91. The quantitative estimate of drug-likeness (QED) is 0.740. The lowest BCUT2D eigenvalue weighted by Gasteiger charge is -2.36. The molecule has 1 fully saturated rings. The van der Waals surface area contributed by atoms with Gasteiger partial charge >= 0.3 is 0 Å². The Hall–Kier alpha value is -1.27. The van der Waals surface area contributed by atoms with E-state index in [1.54, 1.807) is 6.07 Å². The third-order valence-corrected chi connectivity index (χ3v) is 5.24. The van der Waals surface area contributed by atoms with Crippen molar-refractivity contribution in [2.24, 2.45) is 5.92 Å². The van der Waals surface area contributed by atoms with Crippen LogP contribution in [0.3, 0.4) is 0 Å². The molecule has 2 rings (SSSR count). The first-order chi connectivity index (χ1) is 9.70. The molecule has 1 aliphatic carbocycles. The standard InChI is InChI=1S/C15H24N2O3S/c1-11-4-3-7-15(18,9-11)10-17-14-6-5-12(8-13(14)16)21(2,19)20/h5-6,8,11,17-18H,3-4,7,9-10,16H2,1-2H3. The zero-order chi connectivity index (χ0) is 15.7. The lowest BCUT2D eigenvalue weighted by Crippen LogP contribution is -2.41. The lowest BCUT2D eigenvalue weighted by molar-refractivity contribution is -0.000749. The highest BCUT2D eigenvalue weighted by molar-refractivity contribution is 7.90. The number of anilines is 2. The number of benzene rings is 1. The molecule has 0 radical (unpaired) electrons. The van der Waals surface area contributed by atoms with Gasteiger partial charge in [-0.1, -0.05) is 19.8 Å². The van der Waals surface area contributed by atoms with E-state index in [4.69, 9.17) is 5.73 Å². The molecule has 118 valence electrons. The van der Waals surface area contributed by atoms with Gasteiger partial charge in [-0.15, -0.1) is 0 Å². The topological polar surface area (TPSA) is 92.4 Å². The van der Waals surface area contributed by atoms with Crippen LogP contribution in [0.5, 0.6) is 0 Å². The summed E-state index contributed by atoms with van der Waals surface area (Å²) < 4.78 is 22.9. The van der Waals surface area contributed by atoms with Gasteiger partial charge in [0.05, 0.1) is 21.9 Å². The Kier molecular flexibility index (Phi) is 4.49. The maximum Gasteiger partial charge on any atom is 0.175 e. The van der Waals surface area contributed by atoms with E-state index >= 15 is 0 Å². The van der Waals surface area contributed by atoms with Crippen LogP contribution in [-0.2, 0) is 9.84 Å². The van der Waals surface area contributed by atoms with Gasteiger partial charge in [-0.3, -0.25) is 0 Å². The predicted molar refractivity (Wildman–Crippen MR) is 85.0 cm³/mol. The van der Waals surface area contributed by atoms with Crippen LogP contribution in [0.25, 0.3) is 0 Å². The number of nitrogens with two attached hydrogens (primary N) is 1. The van der Waals surface area contributed by atoms with Gasteiger partial charge < -0.3 is 16.2 Å². The Morgan fingerprint density at radius 3 is 2.76 bits per heavy atom.